The fourth-order valence-electron chi connectivity index (χ4n) is 5.18. The summed E-state index contributed by atoms with van der Waals surface area (Å²) in [5, 5.41) is 1.70. The van der Waals surface area contributed by atoms with Gasteiger partial charge in [0.2, 0.25) is 5.91 Å². The van der Waals surface area contributed by atoms with Gasteiger partial charge >= 0.3 is 0 Å². The summed E-state index contributed by atoms with van der Waals surface area (Å²) in [6.07, 6.45) is 7.05. The number of pyridine rings is 1. The number of carbonyl (C=O) groups is 1. The second kappa shape index (κ2) is 8.11. The first kappa shape index (κ1) is 20.6. The van der Waals surface area contributed by atoms with Crippen molar-refractivity contribution in [2.45, 2.75) is 32.7 Å². The molecule has 6 rings (SSSR count). The summed E-state index contributed by atoms with van der Waals surface area (Å²) in [6, 6.07) is 9.86. The molecule has 2 aliphatic heterocycles. The van der Waals surface area contributed by atoms with Gasteiger partial charge in [0.15, 0.2) is 5.65 Å². The van der Waals surface area contributed by atoms with Crippen LogP contribution < -0.4 is 4.74 Å². The Balaban J connectivity index is 1.12. The minimum absolute atomic E-state index is 0.210. The van der Waals surface area contributed by atoms with E-state index >= 15 is 0 Å². The van der Waals surface area contributed by atoms with Crippen molar-refractivity contribution in [3.63, 3.8) is 0 Å². The molecule has 33 heavy (non-hydrogen) atoms. The topological polar surface area (TPSA) is 71.7 Å². The number of furan rings is 1. The molecule has 0 unspecified atom stereocenters. The highest BCUT2D eigenvalue weighted by Gasteiger charge is 2.41. The van der Waals surface area contributed by atoms with Gasteiger partial charge in [-0.3, -0.25) is 9.69 Å². The summed E-state index contributed by atoms with van der Waals surface area (Å²) in [7, 11) is 0. The number of nitrogens with zero attached hydrogens (tertiary/aromatic N) is 4. The van der Waals surface area contributed by atoms with Gasteiger partial charge in [0, 0.05) is 49.8 Å². The average molecular weight is 463 g/mol. The van der Waals surface area contributed by atoms with Gasteiger partial charge in [-0.2, -0.15) is 4.98 Å². The third-order valence-corrected chi connectivity index (χ3v) is 8.06. The molecule has 0 bridgehead atoms. The lowest BCUT2D eigenvalue weighted by Crippen LogP contribution is -2.41. The van der Waals surface area contributed by atoms with Crippen LogP contribution in [0.15, 0.2) is 47.2 Å². The van der Waals surface area contributed by atoms with Crippen molar-refractivity contribution in [3.05, 3.63) is 48.4 Å². The number of hydrogen-bond acceptors (Lipinski definition) is 7. The van der Waals surface area contributed by atoms with Crippen molar-refractivity contribution in [3.8, 4) is 10.9 Å². The standard InChI is InChI=1S/C25H26N4O3S/c1-17(30)29-12-8-25(16-29)6-10-28(11-7-25)14-18-15-31-21-13-19(4-5-20(18)21)32-24-27-23-22(33-24)3-2-9-26-23/h2-5,9,13,15H,6-8,10-12,14,16H2,1H3. The minimum Gasteiger partial charge on any atom is -0.464 e. The number of thiazole rings is 1. The highest BCUT2D eigenvalue weighted by Crippen LogP contribution is 2.41. The van der Waals surface area contributed by atoms with Crippen LogP contribution in [0, 0.1) is 5.41 Å². The molecule has 2 fully saturated rings. The number of amides is 1. The second-order valence-electron chi connectivity index (χ2n) is 9.29. The third-order valence-electron chi connectivity index (χ3n) is 7.17. The number of hydrogen-bond donors (Lipinski definition) is 0. The first-order chi connectivity index (χ1) is 16.1. The molecule has 2 saturated heterocycles. The molecular weight excluding hydrogens is 436 g/mol. The van der Waals surface area contributed by atoms with Gasteiger partial charge in [0.05, 0.1) is 11.0 Å². The van der Waals surface area contributed by atoms with Gasteiger partial charge in [-0.1, -0.05) is 11.3 Å². The highest BCUT2D eigenvalue weighted by atomic mass is 32.1. The fraction of sp³-hybridized carbons (Fsp3) is 0.400. The molecule has 0 saturated carbocycles. The van der Waals surface area contributed by atoms with Gasteiger partial charge in [0.25, 0.3) is 5.19 Å². The smallest absolute Gasteiger partial charge is 0.281 e. The molecule has 0 N–H and O–H groups in total. The van der Waals surface area contributed by atoms with E-state index in [-0.39, 0.29) is 5.91 Å². The lowest BCUT2D eigenvalue weighted by molar-refractivity contribution is -0.128. The summed E-state index contributed by atoms with van der Waals surface area (Å²) in [6.45, 7) is 6.53. The maximum atomic E-state index is 11.7. The number of ether oxygens (including phenoxy) is 1. The van der Waals surface area contributed by atoms with Crippen LogP contribution in [-0.4, -0.2) is 51.9 Å². The maximum absolute atomic E-state index is 11.7. The molecule has 3 aromatic heterocycles. The monoisotopic (exact) mass is 462 g/mol. The maximum Gasteiger partial charge on any atom is 0.281 e. The van der Waals surface area contributed by atoms with Crippen LogP contribution in [0.25, 0.3) is 21.3 Å². The van der Waals surface area contributed by atoms with Crippen LogP contribution in [0.3, 0.4) is 0 Å². The van der Waals surface area contributed by atoms with E-state index in [1.165, 1.54) is 16.9 Å². The van der Waals surface area contributed by atoms with Gasteiger partial charge in [0.1, 0.15) is 11.3 Å². The van der Waals surface area contributed by atoms with Crippen molar-refractivity contribution in [2.75, 3.05) is 26.2 Å². The Labute approximate surface area is 196 Å². The van der Waals surface area contributed by atoms with Crippen molar-refractivity contribution in [2.24, 2.45) is 5.41 Å². The average Bonchev–Trinajstić information content (AvgIpc) is 3.52. The number of benzene rings is 1. The Hall–Kier alpha value is -2.97. The lowest BCUT2D eigenvalue weighted by Gasteiger charge is -2.39. The molecule has 8 heteroatoms. The molecule has 7 nitrogen and oxygen atoms in total. The predicted octanol–water partition coefficient (Wildman–Crippen LogP) is 5.06. The quantitative estimate of drug-likeness (QED) is 0.422. The molecule has 1 aromatic carbocycles. The first-order valence-electron chi connectivity index (χ1n) is 11.4. The number of likely N-dealkylation sites (tertiary alicyclic amines) is 2. The Bertz CT molecular complexity index is 1290. The molecule has 1 amide bonds. The lowest BCUT2D eigenvalue weighted by atomic mass is 9.77. The van der Waals surface area contributed by atoms with E-state index in [0.717, 1.165) is 67.7 Å². The third kappa shape index (κ3) is 3.98. The summed E-state index contributed by atoms with van der Waals surface area (Å²) >= 11 is 1.48. The van der Waals surface area contributed by atoms with Gasteiger partial charge in [-0.25, -0.2) is 4.98 Å². The summed E-state index contributed by atoms with van der Waals surface area (Å²) in [5.41, 5.74) is 3.05. The van der Waals surface area contributed by atoms with E-state index in [4.69, 9.17) is 9.15 Å². The molecule has 0 radical (unpaired) electrons. The molecule has 4 aromatic rings. The largest absolute Gasteiger partial charge is 0.464 e. The number of carbonyl (C=O) groups excluding carboxylic acids is 1. The molecule has 0 atom stereocenters. The van der Waals surface area contributed by atoms with Crippen LogP contribution in [0.4, 0.5) is 0 Å². The molecule has 1 spiro atoms. The van der Waals surface area contributed by atoms with Crippen LogP contribution in [0.5, 0.6) is 10.9 Å². The Morgan fingerprint density at radius 1 is 1.21 bits per heavy atom. The van der Waals surface area contributed by atoms with Crippen LogP contribution in [-0.2, 0) is 11.3 Å². The van der Waals surface area contributed by atoms with E-state index in [9.17, 15) is 4.79 Å². The fourth-order valence-corrected chi connectivity index (χ4v) is 5.98. The second-order valence-corrected chi connectivity index (χ2v) is 10.3. The van der Waals surface area contributed by atoms with E-state index in [0.29, 0.717) is 22.0 Å². The van der Waals surface area contributed by atoms with E-state index < -0.39 is 0 Å². The zero-order chi connectivity index (χ0) is 22.4. The Morgan fingerprint density at radius 2 is 2.06 bits per heavy atom. The predicted molar refractivity (Wildman–Crippen MR) is 128 cm³/mol. The molecule has 2 aliphatic rings. The number of fused-ring (bicyclic) bond motifs is 2. The van der Waals surface area contributed by atoms with Crippen molar-refractivity contribution in [1.82, 2.24) is 19.8 Å². The number of aromatic nitrogens is 2. The number of rotatable bonds is 4. The SMILES string of the molecule is CC(=O)N1CCC2(CCN(Cc3coc4cc(Oc5nc6ncccc6s5)ccc34)CC2)C1. The Kier molecular flexibility index (Phi) is 5.07. The van der Waals surface area contributed by atoms with E-state index in [1.54, 1.807) is 13.1 Å². The Morgan fingerprint density at radius 3 is 2.85 bits per heavy atom. The normalized spacial score (nSPS) is 18.5. The van der Waals surface area contributed by atoms with Crippen molar-refractivity contribution in [1.29, 1.82) is 0 Å². The van der Waals surface area contributed by atoms with Crippen LogP contribution in [0.2, 0.25) is 0 Å². The summed E-state index contributed by atoms with van der Waals surface area (Å²) < 4.78 is 12.9. The van der Waals surface area contributed by atoms with Crippen molar-refractivity contribution < 1.29 is 13.9 Å². The highest BCUT2D eigenvalue weighted by molar-refractivity contribution is 7.20. The van der Waals surface area contributed by atoms with E-state index in [2.05, 4.69) is 20.9 Å². The van der Waals surface area contributed by atoms with Gasteiger partial charge in [-0.05, 0) is 62.0 Å². The van der Waals surface area contributed by atoms with E-state index in [1.807, 2.05) is 35.4 Å². The van der Waals surface area contributed by atoms with Crippen LogP contribution >= 0.6 is 11.3 Å². The summed E-state index contributed by atoms with van der Waals surface area (Å²) in [5.74, 6) is 0.918. The summed E-state index contributed by atoms with van der Waals surface area (Å²) in [4.78, 5) is 25.0. The first-order valence-corrected chi connectivity index (χ1v) is 12.3. The molecule has 0 aliphatic carbocycles. The molecule has 5 heterocycles. The van der Waals surface area contributed by atoms with Gasteiger partial charge in [-0.15, -0.1) is 0 Å². The zero-order valence-electron chi connectivity index (χ0n) is 18.6. The number of piperidine rings is 1. The van der Waals surface area contributed by atoms with Gasteiger partial charge < -0.3 is 14.1 Å². The minimum atomic E-state index is 0.210. The van der Waals surface area contributed by atoms with Crippen LogP contribution in [0.1, 0.15) is 31.7 Å². The zero-order valence-corrected chi connectivity index (χ0v) is 19.4. The van der Waals surface area contributed by atoms with Crippen molar-refractivity contribution >= 4 is 38.6 Å². The molecule has 170 valence electrons. The molecular formula is C25H26N4O3S.